The molecule has 10 rings (SSSR count). The molecule has 0 saturated heterocycles. The zero-order chi connectivity index (χ0) is 31.3. The van der Waals surface area contributed by atoms with Gasteiger partial charge in [0.15, 0.2) is 0 Å². The van der Waals surface area contributed by atoms with E-state index >= 15 is 0 Å². The number of nitrogens with zero attached hydrogens (tertiary/aromatic N) is 2. The standard InChI is InChI=1S/C45H32N2/c1-45(2)37-22-12-9-20-34(37)42-38(45)28-36(44-43(42)35-21-11-14-24-40(35)47(44)31-17-7-4-8-18-31)29-25-26-33-32-19-10-13-23-39(32)46(41(33)27-29)30-15-5-3-6-16-30/h3-28H,1-2H3. The van der Waals surface area contributed by atoms with E-state index in [0.717, 1.165) is 0 Å². The number of para-hydroxylation sites is 4. The van der Waals surface area contributed by atoms with E-state index < -0.39 is 0 Å². The molecular formula is C45H32N2. The van der Waals surface area contributed by atoms with E-state index in [0.29, 0.717) is 0 Å². The first-order chi connectivity index (χ1) is 23.1. The van der Waals surface area contributed by atoms with Crippen LogP contribution in [-0.2, 0) is 5.41 Å². The smallest absolute Gasteiger partial charge is 0.0625 e. The lowest BCUT2D eigenvalue weighted by atomic mass is 9.81. The highest BCUT2D eigenvalue weighted by Crippen LogP contribution is 2.55. The SMILES string of the molecule is CC1(C)c2ccccc2-c2c1cc(-c1ccc3c4ccccc4n(-c4ccccc4)c3c1)c1c2c2ccccc2n1-c1ccccc1. The molecule has 2 nitrogen and oxygen atoms in total. The maximum Gasteiger partial charge on any atom is 0.0625 e. The number of hydrogen-bond donors (Lipinski definition) is 0. The third-order valence-electron chi connectivity index (χ3n) is 10.5. The zero-order valence-corrected chi connectivity index (χ0v) is 26.4. The Labute approximate surface area is 273 Å². The van der Waals surface area contributed by atoms with Crippen molar-refractivity contribution in [2.24, 2.45) is 0 Å². The lowest BCUT2D eigenvalue weighted by molar-refractivity contribution is 0.661. The third-order valence-corrected chi connectivity index (χ3v) is 10.5. The highest BCUT2D eigenvalue weighted by atomic mass is 15.0. The third kappa shape index (κ3) is 3.56. The molecule has 0 saturated carbocycles. The van der Waals surface area contributed by atoms with Crippen LogP contribution in [0.1, 0.15) is 25.0 Å². The van der Waals surface area contributed by atoms with Gasteiger partial charge in [0.05, 0.1) is 22.1 Å². The predicted octanol–water partition coefficient (Wildman–Crippen LogP) is 11.9. The fraction of sp³-hybridized carbons (Fsp3) is 0.0667. The van der Waals surface area contributed by atoms with Crippen molar-refractivity contribution in [3.8, 4) is 33.6 Å². The van der Waals surface area contributed by atoms with E-state index in [1.54, 1.807) is 0 Å². The molecule has 1 aliphatic carbocycles. The van der Waals surface area contributed by atoms with Gasteiger partial charge in [-0.2, -0.15) is 0 Å². The van der Waals surface area contributed by atoms with E-state index in [1.807, 2.05) is 0 Å². The van der Waals surface area contributed by atoms with Crippen LogP contribution in [0.15, 0.2) is 158 Å². The second-order valence-corrected chi connectivity index (χ2v) is 13.3. The average molecular weight is 601 g/mol. The van der Waals surface area contributed by atoms with Crippen molar-refractivity contribution < 1.29 is 0 Å². The van der Waals surface area contributed by atoms with Crippen molar-refractivity contribution in [2.75, 3.05) is 0 Å². The van der Waals surface area contributed by atoms with E-state index in [4.69, 9.17) is 0 Å². The molecule has 2 heteroatoms. The molecule has 0 radical (unpaired) electrons. The molecule has 0 amide bonds. The molecule has 0 unspecified atom stereocenters. The summed E-state index contributed by atoms with van der Waals surface area (Å²) in [6.07, 6.45) is 0. The first kappa shape index (κ1) is 26.4. The zero-order valence-electron chi connectivity index (χ0n) is 26.4. The quantitative estimate of drug-likeness (QED) is 0.191. The Morgan fingerprint density at radius 3 is 1.74 bits per heavy atom. The van der Waals surface area contributed by atoms with Crippen LogP contribution in [-0.4, -0.2) is 9.13 Å². The van der Waals surface area contributed by atoms with Gasteiger partial charge in [0, 0.05) is 43.9 Å². The van der Waals surface area contributed by atoms with Crippen LogP contribution >= 0.6 is 0 Å². The molecule has 0 N–H and O–H groups in total. The van der Waals surface area contributed by atoms with Crippen LogP contribution in [0.3, 0.4) is 0 Å². The summed E-state index contributed by atoms with van der Waals surface area (Å²) in [4.78, 5) is 0. The lowest BCUT2D eigenvalue weighted by Gasteiger charge is -2.23. The predicted molar refractivity (Wildman–Crippen MR) is 198 cm³/mol. The van der Waals surface area contributed by atoms with E-state index in [1.165, 1.54) is 88.4 Å². The van der Waals surface area contributed by atoms with Crippen molar-refractivity contribution in [2.45, 2.75) is 19.3 Å². The summed E-state index contributed by atoms with van der Waals surface area (Å²) < 4.78 is 4.91. The average Bonchev–Trinajstić information content (AvgIpc) is 3.72. The summed E-state index contributed by atoms with van der Waals surface area (Å²) >= 11 is 0. The molecule has 9 aromatic rings. The van der Waals surface area contributed by atoms with Gasteiger partial charge >= 0.3 is 0 Å². The van der Waals surface area contributed by atoms with E-state index in [9.17, 15) is 0 Å². The van der Waals surface area contributed by atoms with Crippen molar-refractivity contribution in [1.29, 1.82) is 0 Å². The van der Waals surface area contributed by atoms with Gasteiger partial charge in [-0.1, -0.05) is 123 Å². The minimum Gasteiger partial charge on any atom is -0.309 e. The maximum atomic E-state index is 2.51. The summed E-state index contributed by atoms with van der Waals surface area (Å²) in [5.41, 5.74) is 15.1. The number of aromatic nitrogens is 2. The fourth-order valence-electron chi connectivity index (χ4n) is 8.39. The van der Waals surface area contributed by atoms with Crippen molar-refractivity contribution in [3.63, 3.8) is 0 Å². The summed E-state index contributed by atoms with van der Waals surface area (Å²) in [5, 5.41) is 5.16. The van der Waals surface area contributed by atoms with Crippen LogP contribution < -0.4 is 0 Å². The lowest BCUT2D eigenvalue weighted by Crippen LogP contribution is -2.15. The molecule has 7 aromatic carbocycles. The van der Waals surface area contributed by atoms with Crippen LogP contribution in [0.4, 0.5) is 0 Å². The molecule has 2 heterocycles. The van der Waals surface area contributed by atoms with Gasteiger partial charge < -0.3 is 9.13 Å². The molecule has 0 atom stereocenters. The van der Waals surface area contributed by atoms with Crippen molar-refractivity contribution in [1.82, 2.24) is 9.13 Å². The molecule has 0 bridgehead atoms. The Hall–Kier alpha value is -5.86. The minimum absolute atomic E-state index is 0.131. The molecule has 2 aromatic heterocycles. The second-order valence-electron chi connectivity index (χ2n) is 13.3. The molecule has 0 spiro atoms. The molecule has 47 heavy (non-hydrogen) atoms. The Morgan fingerprint density at radius 1 is 0.426 bits per heavy atom. The summed E-state index contributed by atoms with van der Waals surface area (Å²) in [6, 6.07) is 58.0. The van der Waals surface area contributed by atoms with Gasteiger partial charge in [-0.15, -0.1) is 0 Å². The summed E-state index contributed by atoms with van der Waals surface area (Å²) in [5.74, 6) is 0. The number of rotatable bonds is 3. The van der Waals surface area contributed by atoms with Crippen LogP contribution in [0.5, 0.6) is 0 Å². The van der Waals surface area contributed by atoms with Gasteiger partial charge in [-0.25, -0.2) is 0 Å². The Balaban J connectivity index is 1.39. The van der Waals surface area contributed by atoms with E-state index in [2.05, 4.69) is 181 Å². The molecule has 0 fully saturated rings. The minimum atomic E-state index is -0.131. The number of benzene rings is 7. The molecular weight excluding hydrogens is 569 g/mol. The number of fused-ring (bicyclic) bond motifs is 10. The first-order valence-corrected chi connectivity index (χ1v) is 16.5. The molecule has 1 aliphatic rings. The Kier molecular flexibility index (Phi) is 5.37. The van der Waals surface area contributed by atoms with Crippen molar-refractivity contribution >= 4 is 43.6 Å². The number of hydrogen-bond acceptors (Lipinski definition) is 0. The van der Waals surface area contributed by atoms with Gasteiger partial charge in [-0.05, 0) is 76.3 Å². The summed E-state index contributed by atoms with van der Waals surface area (Å²) in [7, 11) is 0. The highest BCUT2D eigenvalue weighted by Gasteiger charge is 2.38. The van der Waals surface area contributed by atoms with Crippen LogP contribution in [0.25, 0.3) is 77.2 Å². The topological polar surface area (TPSA) is 9.86 Å². The highest BCUT2D eigenvalue weighted by molar-refractivity contribution is 6.22. The van der Waals surface area contributed by atoms with Crippen molar-refractivity contribution in [3.05, 3.63) is 169 Å². The Bertz CT molecular complexity index is 2690. The fourth-order valence-corrected chi connectivity index (χ4v) is 8.39. The van der Waals surface area contributed by atoms with Crippen LogP contribution in [0.2, 0.25) is 0 Å². The van der Waals surface area contributed by atoms with Gasteiger partial charge in [0.1, 0.15) is 0 Å². The van der Waals surface area contributed by atoms with Crippen LogP contribution in [0, 0.1) is 0 Å². The molecule has 222 valence electrons. The normalized spacial score (nSPS) is 13.5. The van der Waals surface area contributed by atoms with Gasteiger partial charge in [-0.3, -0.25) is 0 Å². The second kappa shape index (κ2) is 9.57. The van der Waals surface area contributed by atoms with Gasteiger partial charge in [0.25, 0.3) is 0 Å². The Morgan fingerprint density at radius 2 is 1.00 bits per heavy atom. The van der Waals surface area contributed by atoms with Gasteiger partial charge in [0.2, 0.25) is 0 Å². The largest absolute Gasteiger partial charge is 0.309 e. The summed E-state index contributed by atoms with van der Waals surface area (Å²) in [6.45, 7) is 4.78. The van der Waals surface area contributed by atoms with E-state index in [-0.39, 0.29) is 5.41 Å². The maximum absolute atomic E-state index is 2.51. The monoisotopic (exact) mass is 600 g/mol. The molecule has 0 aliphatic heterocycles. The first-order valence-electron chi connectivity index (χ1n) is 16.5.